The van der Waals surface area contributed by atoms with Crippen molar-refractivity contribution in [2.24, 2.45) is 11.8 Å². The van der Waals surface area contributed by atoms with Crippen molar-refractivity contribution in [1.82, 2.24) is 5.32 Å². The number of hydrogen-bond donors (Lipinski definition) is 2. The highest BCUT2D eigenvalue weighted by molar-refractivity contribution is 7.09. The van der Waals surface area contributed by atoms with E-state index in [1.54, 1.807) is 11.3 Å². The number of ether oxygens (including phenoxy) is 1. The summed E-state index contributed by atoms with van der Waals surface area (Å²) in [6.07, 6.45) is 1.01. The molecule has 0 unspecified atom stereocenters. The standard InChI is InChI=1S/C13H15NO4S/c15-12(14-6-7-2-1-5-19-7)10-8-3-4-9(18-8)11(10)13(16)17/h1-2,5,8-11H,3-4,6H2,(H,14,15)(H,16,17)/t8-,9+,10+,11+/m1/s1. The van der Waals surface area contributed by atoms with Crippen LogP contribution in [0, 0.1) is 11.8 Å². The number of nitrogens with one attached hydrogen (secondary N) is 1. The minimum atomic E-state index is -0.927. The van der Waals surface area contributed by atoms with Crippen molar-refractivity contribution in [2.75, 3.05) is 0 Å². The Morgan fingerprint density at radius 3 is 2.74 bits per heavy atom. The molecule has 0 aliphatic carbocycles. The molecule has 2 N–H and O–H groups in total. The number of thiophene rings is 1. The first-order valence-electron chi connectivity index (χ1n) is 6.35. The summed E-state index contributed by atoms with van der Waals surface area (Å²) in [5.74, 6) is -2.37. The number of amides is 1. The van der Waals surface area contributed by atoms with Crippen molar-refractivity contribution >= 4 is 23.2 Å². The molecular weight excluding hydrogens is 266 g/mol. The van der Waals surface area contributed by atoms with E-state index in [0.29, 0.717) is 6.54 Å². The molecule has 6 heteroatoms. The lowest BCUT2D eigenvalue weighted by molar-refractivity contribution is -0.147. The van der Waals surface area contributed by atoms with Gasteiger partial charge >= 0.3 is 5.97 Å². The predicted octanol–water partition coefficient (Wildman–Crippen LogP) is 1.24. The predicted molar refractivity (Wildman–Crippen MR) is 68.7 cm³/mol. The van der Waals surface area contributed by atoms with Gasteiger partial charge in [0.15, 0.2) is 0 Å². The van der Waals surface area contributed by atoms with Crippen LogP contribution in [-0.2, 0) is 20.9 Å². The Morgan fingerprint density at radius 1 is 1.37 bits per heavy atom. The van der Waals surface area contributed by atoms with Crippen LogP contribution in [0.5, 0.6) is 0 Å². The van der Waals surface area contributed by atoms with E-state index in [1.807, 2.05) is 17.5 Å². The topological polar surface area (TPSA) is 75.6 Å². The molecule has 2 saturated heterocycles. The molecule has 19 heavy (non-hydrogen) atoms. The van der Waals surface area contributed by atoms with Crippen LogP contribution in [0.15, 0.2) is 17.5 Å². The first-order chi connectivity index (χ1) is 9.16. The van der Waals surface area contributed by atoms with Crippen LogP contribution in [0.1, 0.15) is 17.7 Å². The molecule has 0 saturated carbocycles. The molecule has 0 aromatic carbocycles. The van der Waals surface area contributed by atoms with Crippen molar-refractivity contribution in [2.45, 2.75) is 31.6 Å². The fraction of sp³-hybridized carbons (Fsp3) is 0.538. The van der Waals surface area contributed by atoms with Gasteiger partial charge in [-0.1, -0.05) is 6.07 Å². The second-order valence-electron chi connectivity index (χ2n) is 4.98. The number of fused-ring (bicyclic) bond motifs is 2. The fourth-order valence-electron chi connectivity index (χ4n) is 3.03. The third-order valence-electron chi connectivity index (χ3n) is 3.88. The Bertz CT molecular complexity index is 487. The molecule has 2 fully saturated rings. The molecule has 5 nitrogen and oxygen atoms in total. The Kier molecular flexibility index (Phi) is 3.28. The second kappa shape index (κ2) is 4.94. The summed E-state index contributed by atoms with van der Waals surface area (Å²) in [5, 5.41) is 14.0. The van der Waals surface area contributed by atoms with Gasteiger partial charge in [0, 0.05) is 4.88 Å². The zero-order valence-electron chi connectivity index (χ0n) is 10.2. The Hall–Kier alpha value is -1.40. The van der Waals surface area contributed by atoms with E-state index >= 15 is 0 Å². The van der Waals surface area contributed by atoms with Crippen LogP contribution in [0.3, 0.4) is 0 Å². The first-order valence-corrected chi connectivity index (χ1v) is 7.23. The summed E-state index contributed by atoms with van der Waals surface area (Å²) >= 11 is 1.57. The zero-order chi connectivity index (χ0) is 13.4. The molecule has 3 heterocycles. The molecular formula is C13H15NO4S. The van der Waals surface area contributed by atoms with Gasteiger partial charge in [-0.2, -0.15) is 0 Å². The lowest BCUT2D eigenvalue weighted by atomic mass is 9.79. The molecule has 2 bridgehead atoms. The molecule has 2 aliphatic heterocycles. The minimum absolute atomic E-state index is 0.201. The van der Waals surface area contributed by atoms with Gasteiger partial charge in [0.05, 0.1) is 30.6 Å². The Balaban J connectivity index is 1.66. The van der Waals surface area contributed by atoms with Crippen molar-refractivity contribution in [1.29, 1.82) is 0 Å². The van der Waals surface area contributed by atoms with E-state index in [4.69, 9.17) is 4.74 Å². The van der Waals surface area contributed by atoms with Gasteiger partial charge in [0.2, 0.25) is 5.91 Å². The normalized spacial score (nSPS) is 32.4. The number of carbonyl (C=O) groups excluding carboxylic acids is 1. The van der Waals surface area contributed by atoms with Crippen LogP contribution in [0.2, 0.25) is 0 Å². The fourth-order valence-corrected chi connectivity index (χ4v) is 3.67. The van der Waals surface area contributed by atoms with Crippen LogP contribution in [-0.4, -0.2) is 29.2 Å². The number of rotatable bonds is 4. The SMILES string of the molecule is O=C(O)[C@@H]1[C@@H](C(=O)NCc2cccs2)[C@H]2CC[C@@H]1O2. The van der Waals surface area contributed by atoms with Gasteiger partial charge in [-0.15, -0.1) is 11.3 Å². The van der Waals surface area contributed by atoms with Crippen molar-refractivity contribution in [3.63, 3.8) is 0 Å². The average molecular weight is 281 g/mol. The molecule has 102 valence electrons. The zero-order valence-corrected chi connectivity index (χ0v) is 11.1. The maximum Gasteiger partial charge on any atom is 0.310 e. The van der Waals surface area contributed by atoms with Crippen molar-refractivity contribution in [3.05, 3.63) is 22.4 Å². The van der Waals surface area contributed by atoms with Gasteiger partial charge in [0.25, 0.3) is 0 Å². The second-order valence-corrected chi connectivity index (χ2v) is 6.01. The highest BCUT2D eigenvalue weighted by atomic mass is 32.1. The average Bonchev–Trinajstić information content (AvgIpc) is 3.10. The van der Waals surface area contributed by atoms with Crippen LogP contribution in [0.25, 0.3) is 0 Å². The third kappa shape index (κ3) is 2.26. The van der Waals surface area contributed by atoms with Gasteiger partial charge in [-0.05, 0) is 24.3 Å². The maximum absolute atomic E-state index is 12.2. The van der Waals surface area contributed by atoms with E-state index in [0.717, 1.165) is 17.7 Å². The van der Waals surface area contributed by atoms with Crippen molar-refractivity contribution in [3.8, 4) is 0 Å². The molecule has 1 amide bonds. The smallest absolute Gasteiger partial charge is 0.310 e. The molecule has 0 radical (unpaired) electrons. The van der Waals surface area contributed by atoms with E-state index in [2.05, 4.69) is 5.32 Å². The third-order valence-corrected chi connectivity index (χ3v) is 4.75. The molecule has 0 spiro atoms. The molecule has 1 aromatic rings. The number of carbonyl (C=O) groups is 2. The maximum atomic E-state index is 12.2. The van der Waals surface area contributed by atoms with Crippen molar-refractivity contribution < 1.29 is 19.4 Å². The summed E-state index contributed by atoms with van der Waals surface area (Å²) in [6, 6.07) is 3.86. The summed E-state index contributed by atoms with van der Waals surface area (Å²) in [7, 11) is 0. The van der Waals surface area contributed by atoms with Gasteiger partial charge in [0.1, 0.15) is 0 Å². The van der Waals surface area contributed by atoms with E-state index < -0.39 is 17.8 Å². The highest BCUT2D eigenvalue weighted by Crippen LogP contribution is 2.43. The Labute approximate surface area is 114 Å². The van der Waals surface area contributed by atoms with Gasteiger partial charge < -0.3 is 15.2 Å². The summed E-state index contributed by atoms with van der Waals surface area (Å²) < 4.78 is 5.58. The van der Waals surface area contributed by atoms with E-state index in [9.17, 15) is 14.7 Å². The largest absolute Gasteiger partial charge is 0.481 e. The highest BCUT2D eigenvalue weighted by Gasteiger charge is 2.55. The van der Waals surface area contributed by atoms with Gasteiger partial charge in [-0.3, -0.25) is 9.59 Å². The molecule has 1 aromatic heterocycles. The van der Waals surface area contributed by atoms with Gasteiger partial charge in [-0.25, -0.2) is 0 Å². The van der Waals surface area contributed by atoms with E-state index in [1.165, 1.54) is 0 Å². The monoisotopic (exact) mass is 281 g/mol. The van der Waals surface area contributed by atoms with Crippen LogP contribution in [0.4, 0.5) is 0 Å². The first kappa shape index (κ1) is 12.6. The number of hydrogen-bond acceptors (Lipinski definition) is 4. The number of carboxylic acid groups (broad SMARTS) is 1. The lowest BCUT2D eigenvalue weighted by Gasteiger charge is -2.23. The Morgan fingerprint density at radius 2 is 2.11 bits per heavy atom. The summed E-state index contributed by atoms with van der Waals surface area (Å²) in [5.41, 5.74) is 0. The van der Waals surface area contributed by atoms with Crippen LogP contribution < -0.4 is 5.32 Å². The molecule has 3 rings (SSSR count). The molecule has 4 atom stereocenters. The lowest BCUT2D eigenvalue weighted by Crippen LogP contribution is -2.43. The summed E-state index contributed by atoms with van der Waals surface area (Å²) in [6.45, 7) is 0.455. The van der Waals surface area contributed by atoms with Crippen LogP contribution >= 0.6 is 11.3 Å². The van der Waals surface area contributed by atoms with E-state index in [-0.39, 0.29) is 18.1 Å². The minimum Gasteiger partial charge on any atom is -0.481 e. The quantitative estimate of drug-likeness (QED) is 0.870. The number of carboxylic acids is 1. The number of aliphatic carboxylic acids is 1. The molecule has 2 aliphatic rings. The summed E-state index contributed by atoms with van der Waals surface area (Å²) in [4.78, 5) is 24.5.